The number of carbonyl (C=O) groups is 1. The van der Waals surface area contributed by atoms with Gasteiger partial charge in [-0.05, 0) is 36.4 Å². The van der Waals surface area contributed by atoms with Crippen molar-refractivity contribution in [3.63, 3.8) is 0 Å². The predicted octanol–water partition coefficient (Wildman–Crippen LogP) is 2.94. The fourth-order valence-corrected chi connectivity index (χ4v) is 2.93. The number of aromatic nitrogens is 5. The van der Waals surface area contributed by atoms with Crippen molar-refractivity contribution in [3.05, 3.63) is 93.8 Å². The van der Waals surface area contributed by atoms with Gasteiger partial charge in [-0.2, -0.15) is 10.2 Å². The number of rotatable bonds is 6. The molecule has 11 heteroatoms. The summed E-state index contributed by atoms with van der Waals surface area (Å²) in [6, 6.07) is 11.3. The second-order valence-electron chi connectivity index (χ2n) is 6.25. The molecule has 0 unspecified atom stereocenters. The Morgan fingerprint density at radius 2 is 1.93 bits per heavy atom. The van der Waals surface area contributed by atoms with E-state index in [-0.39, 0.29) is 23.5 Å². The lowest BCUT2D eigenvalue weighted by molar-refractivity contribution is -0.384. The molecule has 0 saturated heterocycles. The summed E-state index contributed by atoms with van der Waals surface area (Å²) in [5.74, 6) is -0.442. The van der Waals surface area contributed by atoms with Crippen LogP contribution in [0.25, 0.3) is 11.4 Å². The number of nitro groups is 1. The summed E-state index contributed by atoms with van der Waals surface area (Å²) >= 11 is 5.89. The number of nitro benzene ring substituents is 1. The Labute approximate surface area is 174 Å². The molecule has 30 heavy (non-hydrogen) atoms. The Morgan fingerprint density at radius 3 is 2.63 bits per heavy atom. The Kier molecular flexibility index (Phi) is 5.22. The van der Waals surface area contributed by atoms with Crippen molar-refractivity contribution < 1.29 is 9.72 Å². The molecule has 0 aliphatic carbocycles. The van der Waals surface area contributed by atoms with Crippen molar-refractivity contribution in [3.8, 4) is 11.4 Å². The summed E-state index contributed by atoms with van der Waals surface area (Å²) in [6.45, 7) is 0.213. The molecule has 0 atom stereocenters. The van der Waals surface area contributed by atoms with E-state index in [1.807, 2.05) is 12.1 Å². The number of benzene rings is 2. The molecule has 0 bridgehead atoms. The van der Waals surface area contributed by atoms with E-state index in [4.69, 9.17) is 11.6 Å². The first kappa shape index (κ1) is 19.3. The zero-order valence-corrected chi connectivity index (χ0v) is 16.1. The van der Waals surface area contributed by atoms with Crippen LogP contribution in [-0.4, -0.2) is 35.4 Å². The van der Waals surface area contributed by atoms with Crippen molar-refractivity contribution in [2.24, 2.45) is 0 Å². The Hall–Kier alpha value is -4.05. The third-order valence-corrected chi connectivity index (χ3v) is 4.53. The third kappa shape index (κ3) is 4.03. The Morgan fingerprint density at radius 1 is 1.13 bits per heavy atom. The predicted molar refractivity (Wildman–Crippen MR) is 108 cm³/mol. The van der Waals surface area contributed by atoms with Crippen LogP contribution < -0.4 is 5.32 Å². The van der Waals surface area contributed by atoms with E-state index >= 15 is 0 Å². The molecule has 0 aliphatic heterocycles. The largest absolute Gasteiger partial charge is 0.348 e. The molecule has 2 heterocycles. The van der Waals surface area contributed by atoms with Crippen molar-refractivity contribution >= 4 is 23.2 Å². The van der Waals surface area contributed by atoms with Crippen LogP contribution in [0.3, 0.4) is 0 Å². The van der Waals surface area contributed by atoms with E-state index in [2.05, 4.69) is 20.5 Å². The lowest BCUT2D eigenvalue weighted by atomic mass is 10.1. The van der Waals surface area contributed by atoms with Crippen LogP contribution in [0.15, 0.2) is 67.5 Å². The summed E-state index contributed by atoms with van der Waals surface area (Å²) in [7, 11) is 0. The Bertz CT molecular complexity index is 1200. The molecule has 0 aliphatic rings. The van der Waals surface area contributed by atoms with Gasteiger partial charge < -0.3 is 5.32 Å². The van der Waals surface area contributed by atoms with Crippen LogP contribution >= 0.6 is 11.6 Å². The average Bonchev–Trinajstić information content (AvgIpc) is 3.44. The Balaban J connectivity index is 1.47. The highest BCUT2D eigenvalue weighted by atomic mass is 35.5. The molecule has 0 saturated carbocycles. The van der Waals surface area contributed by atoms with E-state index in [1.165, 1.54) is 35.5 Å². The molecule has 0 fully saturated rings. The summed E-state index contributed by atoms with van der Waals surface area (Å²) < 4.78 is 2.93. The first-order valence-electron chi connectivity index (χ1n) is 8.72. The highest BCUT2D eigenvalue weighted by Gasteiger charge is 2.19. The van der Waals surface area contributed by atoms with Crippen LogP contribution in [0.1, 0.15) is 15.9 Å². The van der Waals surface area contributed by atoms with Gasteiger partial charge in [-0.1, -0.05) is 11.6 Å². The maximum Gasteiger partial charge on any atom is 0.295 e. The fourth-order valence-electron chi connectivity index (χ4n) is 2.81. The summed E-state index contributed by atoms with van der Waals surface area (Å²) in [4.78, 5) is 27.1. The maximum atomic E-state index is 12.5. The van der Waals surface area contributed by atoms with Crippen LogP contribution in [-0.2, 0) is 6.54 Å². The topological polar surface area (TPSA) is 121 Å². The molecule has 1 N–H and O–H groups in total. The van der Waals surface area contributed by atoms with Crippen molar-refractivity contribution in [2.45, 2.75) is 6.54 Å². The standard InChI is InChI=1S/C19H14ClN7O3/c20-15-2-4-16(5-3-15)25-10-13(9-23-25)8-22-19(28)14-1-6-17(18(7-14)27(29)30)26-12-21-11-24-26/h1-7,9-12H,8H2,(H,22,28). The van der Waals surface area contributed by atoms with Gasteiger partial charge in [-0.15, -0.1) is 0 Å². The van der Waals surface area contributed by atoms with Gasteiger partial charge in [-0.3, -0.25) is 14.9 Å². The van der Waals surface area contributed by atoms with Gasteiger partial charge in [0, 0.05) is 35.0 Å². The maximum absolute atomic E-state index is 12.5. The number of hydrogen-bond acceptors (Lipinski definition) is 6. The zero-order valence-electron chi connectivity index (χ0n) is 15.3. The van der Waals surface area contributed by atoms with Gasteiger partial charge in [0.25, 0.3) is 11.6 Å². The van der Waals surface area contributed by atoms with Crippen molar-refractivity contribution in [1.29, 1.82) is 0 Å². The third-order valence-electron chi connectivity index (χ3n) is 4.28. The van der Waals surface area contributed by atoms with E-state index in [9.17, 15) is 14.9 Å². The second-order valence-corrected chi connectivity index (χ2v) is 6.69. The minimum absolute atomic E-state index is 0.163. The van der Waals surface area contributed by atoms with Gasteiger partial charge in [0.05, 0.1) is 16.8 Å². The van der Waals surface area contributed by atoms with Gasteiger partial charge in [-0.25, -0.2) is 14.3 Å². The quantitative estimate of drug-likeness (QED) is 0.376. The highest BCUT2D eigenvalue weighted by Crippen LogP contribution is 2.23. The van der Waals surface area contributed by atoms with Crippen molar-refractivity contribution in [2.75, 3.05) is 0 Å². The normalized spacial score (nSPS) is 10.7. The molecule has 10 nitrogen and oxygen atoms in total. The lowest BCUT2D eigenvalue weighted by Gasteiger charge is -2.06. The molecule has 2 aromatic carbocycles. The fraction of sp³-hybridized carbons (Fsp3) is 0.0526. The average molecular weight is 424 g/mol. The van der Waals surface area contributed by atoms with Crippen LogP contribution in [0.2, 0.25) is 5.02 Å². The molecule has 150 valence electrons. The van der Waals surface area contributed by atoms with Gasteiger partial charge in [0.2, 0.25) is 0 Å². The smallest absolute Gasteiger partial charge is 0.295 e. The molecule has 0 spiro atoms. The van der Waals surface area contributed by atoms with Crippen molar-refractivity contribution in [1.82, 2.24) is 29.9 Å². The highest BCUT2D eigenvalue weighted by molar-refractivity contribution is 6.30. The second kappa shape index (κ2) is 8.13. The van der Waals surface area contributed by atoms with E-state index in [1.54, 1.807) is 29.2 Å². The SMILES string of the molecule is O=C(NCc1cnn(-c2ccc(Cl)cc2)c1)c1ccc(-n2cncn2)c([N+](=O)[O-])c1. The number of amides is 1. The van der Waals surface area contributed by atoms with Crippen LogP contribution in [0, 0.1) is 10.1 Å². The molecule has 1 amide bonds. The summed E-state index contributed by atoms with van der Waals surface area (Å²) in [5.41, 5.74) is 1.74. The van der Waals surface area contributed by atoms with Gasteiger partial charge in [0.1, 0.15) is 18.3 Å². The molecule has 4 aromatic rings. The van der Waals surface area contributed by atoms with Gasteiger partial charge >= 0.3 is 0 Å². The first-order valence-corrected chi connectivity index (χ1v) is 9.10. The molecular weight excluding hydrogens is 410 g/mol. The van der Waals surface area contributed by atoms with E-state index < -0.39 is 10.8 Å². The van der Waals surface area contributed by atoms with Gasteiger partial charge in [0.15, 0.2) is 0 Å². The number of halogens is 1. The summed E-state index contributed by atoms with van der Waals surface area (Å²) in [5, 5.41) is 22.9. The lowest BCUT2D eigenvalue weighted by Crippen LogP contribution is -2.22. The monoisotopic (exact) mass is 423 g/mol. The van der Waals surface area contributed by atoms with E-state index in [0.717, 1.165) is 11.3 Å². The zero-order chi connectivity index (χ0) is 21.1. The number of nitrogens with one attached hydrogen (secondary N) is 1. The molecule has 0 radical (unpaired) electrons. The van der Waals surface area contributed by atoms with Crippen LogP contribution in [0.4, 0.5) is 5.69 Å². The van der Waals surface area contributed by atoms with E-state index in [0.29, 0.717) is 5.02 Å². The number of nitrogens with zero attached hydrogens (tertiary/aromatic N) is 6. The number of carbonyl (C=O) groups excluding carboxylic acids is 1. The minimum atomic E-state index is -0.566. The number of hydrogen-bond donors (Lipinski definition) is 1. The first-order chi connectivity index (χ1) is 14.5. The van der Waals surface area contributed by atoms with Crippen LogP contribution in [0.5, 0.6) is 0 Å². The molecule has 2 aromatic heterocycles. The summed E-state index contributed by atoms with van der Waals surface area (Å²) in [6.07, 6.45) is 6.03. The minimum Gasteiger partial charge on any atom is -0.348 e. The molecule has 4 rings (SSSR count). The molecular formula is C19H14ClN7O3.